The van der Waals surface area contributed by atoms with Crippen molar-refractivity contribution in [3.63, 3.8) is 0 Å². The van der Waals surface area contributed by atoms with E-state index in [9.17, 15) is 4.79 Å². The van der Waals surface area contributed by atoms with E-state index in [2.05, 4.69) is 33.6 Å². The van der Waals surface area contributed by atoms with Gasteiger partial charge in [0.1, 0.15) is 17.8 Å². The van der Waals surface area contributed by atoms with E-state index in [1.54, 1.807) is 6.07 Å². The first kappa shape index (κ1) is 16.9. The molecule has 1 heterocycles. The molecular formula is C18H24N4O. The smallest absolute Gasteiger partial charge is 0.270 e. The lowest BCUT2D eigenvalue weighted by Gasteiger charge is -2.08. The Morgan fingerprint density at radius 2 is 2.04 bits per heavy atom. The van der Waals surface area contributed by atoms with Gasteiger partial charge < -0.3 is 10.6 Å². The molecule has 122 valence electrons. The number of benzene rings is 1. The van der Waals surface area contributed by atoms with E-state index in [4.69, 9.17) is 0 Å². The maximum absolute atomic E-state index is 12.2. The van der Waals surface area contributed by atoms with Crippen LogP contribution in [0, 0.1) is 6.92 Å². The van der Waals surface area contributed by atoms with Crippen LogP contribution >= 0.6 is 0 Å². The Kier molecular flexibility index (Phi) is 6.54. The van der Waals surface area contributed by atoms with Crippen LogP contribution in [0.3, 0.4) is 0 Å². The standard InChI is InChI=1S/C18H24N4O/c1-3-4-5-9-19-17-11-16(21-13-22-17)18(23)20-12-15-8-6-7-14(2)10-15/h6-8,10-11,13H,3-5,9,12H2,1-2H3,(H,20,23)(H,19,21,22). The Hall–Kier alpha value is -2.43. The summed E-state index contributed by atoms with van der Waals surface area (Å²) < 4.78 is 0. The topological polar surface area (TPSA) is 66.9 Å². The van der Waals surface area contributed by atoms with Crippen molar-refractivity contribution in [1.82, 2.24) is 15.3 Å². The molecule has 0 radical (unpaired) electrons. The zero-order valence-corrected chi connectivity index (χ0v) is 13.8. The Labute approximate surface area is 137 Å². The lowest BCUT2D eigenvalue weighted by Crippen LogP contribution is -2.24. The van der Waals surface area contributed by atoms with Crippen LogP contribution in [0.25, 0.3) is 0 Å². The summed E-state index contributed by atoms with van der Waals surface area (Å²) >= 11 is 0. The van der Waals surface area contributed by atoms with E-state index in [1.807, 2.05) is 25.1 Å². The summed E-state index contributed by atoms with van der Waals surface area (Å²) in [6.45, 7) is 5.55. The molecule has 2 N–H and O–H groups in total. The SMILES string of the molecule is CCCCCNc1cc(C(=O)NCc2cccc(C)c2)ncn1. The number of carbonyl (C=O) groups excluding carboxylic acids is 1. The third-order valence-corrected chi connectivity index (χ3v) is 3.52. The van der Waals surface area contributed by atoms with Gasteiger partial charge in [0.05, 0.1) is 0 Å². The van der Waals surface area contributed by atoms with E-state index < -0.39 is 0 Å². The number of unbranched alkanes of at least 4 members (excludes halogenated alkanes) is 2. The van der Waals surface area contributed by atoms with Gasteiger partial charge in [-0.1, -0.05) is 49.6 Å². The minimum absolute atomic E-state index is 0.189. The summed E-state index contributed by atoms with van der Waals surface area (Å²) in [7, 11) is 0. The van der Waals surface area contributed by atoms with Crippen LogP contribution in [0.1, 0.15) is 47.8 Å². The molecule has 1 aromatic heterocycles. The number of aromatic nitrogens is 2. The highest BCUT2D eigenvalue weighted by Crippen LogP contribution is 2.07. The van der Waals surface area contributed by atoms with Crippen LogP contribution in [0.2, 0.25) is 0 Å². The van der Waals surface area contributed by atoms with E-state index in [1.165, 1.54) is 24.7 Å². The third kappa shape index (κ3) is 5.70. The molecule has 0 unspecified atom stereocenters. The molecule has 5 nitrogen and oxygen atoms in total. The van der Waals surface area contributed by atoms with E-state index in [-0.39, 0.29) is 5.91 Å². The number of hydrogen-bond donors (Lipinski definition) is 2. The second-order valence-electron chi connectivity index (χ2n) is 5.59. The van der Waals surface area contributed by atoms with Crippen molar-refractivity contribution in [2.45, 2.75) is 39.7 Å². The number of nitrogens with zero attached hydrogens (tertiary/aromatic N) is 2. The van der Waals surface area contributed by atoms with Crippen molar-refractivity contribution in [1.29, 1.82) is 0 Å². The van der Waals surface area contributed by atoms with Crippen molar-refractivity contribution in [3.05, 3.63) is 53.5 Å². The zero-order chi connectivity index (χ0) is 16.5. The number of aryl methyl sites for hydroxylation is 1. The molecule has 0 aliphatic rings. The number of nitrogens with one attached hydrogen (secondary N) is 2. The zero-order valence-electron chi connectivity index (χ0n) is 13.8. The Balaban J connectivity index is 1.89. The quantitative estimate of drug-likeness (QED) is 0.734. The minimum atomic E-state index is -0.189. The van der Waals surface area contributed by atoms with Gasteiger partial charge in [-0.3, -0.25) is 4.79 Å². The highest BCUT2D eigenvalue weighted by atomic mass is 16.1. The fourth-order valence-electron chi connectivity index (χ4n) is 2.26. The van der Waals surface area contributed by atoms with Gasteiger partial charge in [0, 0.05) is 19.2 Å². The molecule has 2 rings (SSSR count). The average Bonchev–Trinajstić information content (AvgIpc) is 2.57. The summed E-state index contributed by atoms with van der Waals surface area (Å²) in [5.74, 6) is 0.502. The second kappa shape index (κ2) is 8.88. The van der Waals surface area contributed by atoms with Crippen molar-refractivity contribution < 1.29 is 4.79 Å². The van der Waals surface area contributed by atoms with Crippen LogP contribution in [0.4, 0.5) is 5.82 Å². The number of carbonyl (C=O) groups is 1. The highest BCUT2D eigenvalue weighted by Gasteiger charge is 2.08. The molecule has 0 spiro atoms. The maximum atomic E-state index is 12.2. The number of anilines is 1. The first-order chi connectivity index (χ1) is 11.2. The van der Waals surface area contributed by atoms with Crippen LogP contribution in [0.5, 0.6) is 0 Å². The van der Waals surface area contributed by atoms with Crippen LogP contribution in [-0.2, 0) is 6.54 Å². The van der Waals surface area contributed by atoms with Gasteiger partial charge in [-0.2, -0.15) is 0 Å². The summed E-state index contributed by atoms with van der Waals surface area (Å²) in [6, 6.07) is 9.76. The van der Waals surface area contributed by atoms with Gasteiger partial charge in [-0.15, -0.1) is 0 Å². The summed E-state index contributed by atoms with van der Waals surface area (Å²) in [4.78, 5) is 20.4. The first-order valence-corrected chi connectivity index (χ1v) is 8.08. The van der Waals surface area contributed by atoms with Crippen LogP contribution in [-0.4, -0.2) is 22.4 Å². The van der Waals surface area contributed by atoms with Gasteiger partial charge in [0.25, 0.3) is 5.91 Å². The predicted molar refractivity (Wildman–Crippen MR) is 92.4 cm³/mol. The fraction of sp³-hybridized carbons (Fsp3) is 0.389. The van der Waals surface area contributed by atoms with Crippen molar-refractivity contribution >= 4 is 11.7 Å². The Bertz CT molecular complexity index is 642. The molecule has 1 amide bonds. The largest absolute Gasteiger partial charge is 0.370 e. The Morgan fingerprint density at radius 3 is 2.83 bits per heavy atom. The number of rotatable bonds is 8. The summed E-state index contributed by atoms with van der Waals surface area (Å²) in [6.07, 6.45) is 4.87. The van der Waals surface area contributed by atoms with Gasteiger partial charge in [-0.25, -0.2) is 9.97 Å². The Morgan fingerprint density at radius 1 is 1.17 bits per heavy atom. The van der Waals surface area contributed by atoms with Gasteiger partial charge in [0.15, 0.2) is 0 Å². The number of hydrogen-bond acceptors (Lipinski definition) is 4. The van der Waals surface area contributed by atoms with Gasteiger partial charge in [0.2, 0.25) is 0 Å². The molecule has 0 bridgehead atoms. The lowest BCUT2D eigenvalue weighted by molar-refractivity contribution is 0.0946. The lowest BCUT2D eigenvalue weighted by atomic mass is 10.1. The first-order valence-electron chi connectivity index (χ1n) is 8.08. The van der Waals surface area contributed by atoms with Crippen LogP contribution in [0.15, 0.2) is 36.7 Å². The molecular weight excluding hydrogens is 288 g/mol. The van der Waals surface area contributed by atoms with Gasteiger partial charge in [-0.05, 0) is 18.9 Å². The van der Waals surface area contributed by atoms with E-state index in [0.29, 0.717) is 18.1 Å². The molecule has 1 aromatic carbocycles. The normalized spacial score (nSPS) is 10.3. The van der Waals surface area contributed by atoms with Crippen LogP contribution < -0.4 is 10.6 Å². The van der Waals surface area contributed by atoms with E-state index in [0.717, 1.165) is 18.5 Å². The van der Waals surface area contributed by atoms with Gasteiger partial charge >= 0.3 is 0 Å². The summed E-state index contributed by atoms with van der Waals surface area (Å²) in [5.41, 5.74) is 2.63. The second-order valence-corrected chi connectivity index (χ2v) is 5.59. The number of amides is 1. The molecule has 0 saturated carbocycles. The van der Waals surface area contributed by atoms with Crippen molar-refractivity contribution in [3.8, 4) is 0 Å². The molecule has 0 fully saturated rings. The summed E-state index contributed by atoms with van der Waals surface area (Å²) in [5, 5.41) is 6.11. The molecule has 2 aromatic rings. The van der Waals surface area contributed by atoms with Crippen molar-refractivity contribution in [2.75, 3.05) is 11.9 Å². The minimum Gasteiger partial charge on any atom is -0.370 e. The maximum Gasteiger partial charge on any atom is 0.270 e. The highest BCUT2D eigenvalue weighted by molar-refractivity contribution is 5.92. The molecule has 0 aliphatic carbocycles. The molecule has 23 heavy (non-hydrogen) atoms. The fourth-order valence-corrected chi connectivity index (χ4v) is 2.26. The third-order valence-electron chi connectivity index (χ3n) is 3.52. The molecule has 0 saturated heterocycles. The monoisotopic (exact) mass is 312 g/mol. The van der Waals surface area contributed by atoms with E-state index >= 15 is 0 Å². The molecule has 0 aliphatic heterocycles. The predicted octanol–water partition coefficient (Wildman–Crippen LogP) is 3.32. The average molecular weight is 312 g/mol. The molecule has 0 atom stereocenters. The van der Waals surface area contributed by atoms with Crippen molar-refractivity contribution in [2.24, 2.45) is 0 Å². The molecule has 5 heteroatoms.